The molecule has 5 rings (SSSR count). The quantitative estimate of drug-likeness (QED) is 0.305. The van der Waals surface area contributed by atoms with Crippen LogP contribution in [-0.4, -0.2) is 52.3 Å². The Labute approximate surface area is 206 Å². The number of fused-ring (bicyclic) bond motifs is 1. The zero-order chi connectivity index (χ0) is 23.5. The van der Waals surface area contributed by atoms with Gasteiger partial charge in [0, 0.05) is 36.9 Å². The summed E-state index contributed by atoms with van der Waals surface area (Å²) in [6, 6.07) is 24.6. The van der Waals surface area contributed by atoms with Crippen LogP contribution in [0.15, 0.2) is 88.8 Å². The smallest absolute Gasteiger partial charge is 0.266 e. The molecule has 6 nitrogen and oxygen atoms in total. The summed E-state index contributed by atoms with van der Waals surface area (Å²) >= 11 is 7.48. The second-order valence-electron chi connectivity index (χ2n) is 8.02. The van der Waals surface area contributed by atoms with Gasteiger partial charge in [-0.2, -0.15) is 0 Å². The zero-order valence-corrected chi connectivity index (χ0v) is 20.0. The fourth-order valence-corrected chi connectivity index (χ4v) is 5.22. The van der Waals surface area contributed by atoms with Crippen LogP contribution < -0.4 is 10.5 Å². The number of carbonyl (C=O) groups is 1. The van der Waals surface area contributed by atoms with Crippen molar-refractivity contribution in [3.8, 4) is 5.69 Å². The normalized spacial score (nSPS) is 13.9. The van der Waals surface area contributed by atoms with Gasteiger partial charge < -0.3 is 9.80 Å². The lowest BCUT2D eigenvalue weighted by molar-refractivity contribution is -0.128. The fraction of sp³-hybridized carbons (Fsp3) is 0.192. The predicted octanol–water partition coefficient (Wildman–Crippen LogP) is 4.48. The lowest BCUT2D eigenvalue weighted by Gasteiger charge is -2.36. The second-order valence-corrected chi connectivity index (χ2v) is 9.40. The number of amides is 1. The minimum absolute atomic E-state index is 0.0396. The Morgan fingerprint density at radius 3 is 2.35 bits per heavy atom. The fourth-order valence-electron chi connectivity index (χ4n) is 4.12. The van der Waals surface area contributed by atoms with Gasteiger partial charge in [0.05, 0.1) is 22.3 Å². The molecule has 0 atom stereocenters. The minimum Gasteiger partial charge on any atom is -0.368 e. The van der Waals surface area contributed by atoms with Gasteiger partial charge in [0.1, 0.15) is 0 Å². The molecule has 1 aliphatic heterocycles. The molecule has 0 spiro atoms. The number of halogens is 1. The van der Waals surface area contributed by atoms with Crippen molar-refractivity contribution >= 4 is 45.9 Å². The number of thioether (sulfide) groups is 1. The maximum atomic E-state index is 13.3. The largest absolute Gasteiger partial charge is 0.368 e. The van der Waals surface area contributed by atoms with Gasteiger partial charge in [-0.25, -0.2) is 4.98 Å². The Balaban J connectivity index is 1.35. The molecule has 1 aromatic heterocycles. The van der Waals surface area contributed by atoms with E-state index in [4.69, 9.17) is 16.6 Å². The maximum Gasteiger partial charge on any atom is 0.266 e. The van der Waals surface area contributed by atoms with Crippen molar-refractivity contribution in [1.29, 1.82) is 0 Å². The van der Waals surface area contributed by atoms with Crippen LogP contribution in [-0.2, 0) is 4.79 Å². The summed E-state index contributed by atoms with van der Waals surface area (Å²) in [5, 5.41) is 1.53. The molecule has 0 unspecified atom stereocenters. The number of nitrogens with zero attached hydrogens (tertiary/aromatic N) is 4. The van der Waals surface area contributed by atoms with Gasteiger partial charge in [0.2, 0.25) is 5.91 Å². The van der Waals surface area contributed by atoms with E-state index in [1.54, 1.807) is 28.8 Å². The summed E-state index contributed by atoms with van der Waals surface area (Å²) in [7, 11) is 0. The standard InChI is InChI=1S/C26H23ClN4O2S/c27-19-7-6-10-21(17-19)31-25(33)22-11-4-5-12-23(22)28-26(31)34-18-24(32)30-15-13-29(14-16-30)20-8-2-1-3-9-20/h1-12,17H,13-16,18H2. The summed E-state index contributed by atoms with van der Waals surface area (Å²) in [6.07, 6.45) is 0. The number of anilines is 1. The van der Waals surface area contributed by atoms with Gasteiger partial charge in [-0.3, -0.25) is 14.2 Å². The van der Waals surface area contributed by atoms with E-state index in [1.165, 1.54) is 17.4 Å². The number of benzene rings is 3. The van der Waals surface area contributed by atoms with Crippen molar-refractivity contribution in [2.24, 2.45) is 0 Å². The highest BCUT2D eigenvalue weighted by Gasteiger charge is 2.22. The molecule has 1 amide bonds. The van der Waals surface area contributed by atoms with Crippen LogP contribution >= 0.6 is 23.4 Å². The van der Waals surface area contributed by atoms with E-state index in [1.807, 2.05) is 47.4 Å². The van der Waals surface area contributed by atoms with E-state index < -0.39 is 0 Å². The van der Waals surface area contributed by atoms with Gasteiger partial charge in [-0.15, -0.1) is 0 Å². The van der Waals surface area contributed by atoms with E-state index in [0.29, 0.717) is 39.9 Å². The molecule has 0 aliphatic carbocycles. The lowest BCUT2D eigenvalue weighted by Crippen LogP contribution is -2.49. The van der Waals surface area contributed by atoms with Crippen molar-refractivity contribution in [3.63, 3.8) is 0 Å². The third-order valence-electron chi connectivity index (χ3n) is 5.89. The molecule has 1 saturated heterocycles. The number of carbonyl (C=O) groups excluding carboxylic acids is 1. The topological polar surface area (TPSA) is 58.4 Å². The predicted molar refractivity (Wildman–Crippen MR) is 138 cm³/mol. The first-order valence-corrected chi connectivity index (χ1v) is 12.4. The first-order chi connectivity index (χ1) is 16.6. The van der Waals surface area contributed by atoms with Gasteiger partial charge in [0.25, 0.3) is 5.56 Å². The molecule has 34 heavy (non-hydrogen) atoms. The Morgan fingerprint density at radius 1 is 0.882 bits per heavy atom. The monoisotopic (exact) mass is 490 g/mol. The van der Waals surface area contributed by atoms with Crippen LogP contribution in [0.4, 0.5) is 5.69 Å². The third-order valence-corrected chi connectivity index (χ3v) is 7.05. The minimum atomic E-state index is -0.181. The molecule has 1 aliphatic rings. The average Bonchev–Trinajstić information content (AvgIpc) is 2.88. The number of piperazine rings is 1. The highest BCUT2D eigenvalue weighted by molar-refractivity contribution is 7.99. The summed E-state index contributed by atoms with van der Waals surface area (Å²) in [4.78, 5) is 35.2. The molecule has 3 aromatic carbocycles. The van der Waals surface area contributed by atoms with Gasteiger partial charge in [0.15, 0.2) is 5.16 Å². The number of rotatable bonds is 5. The maximum absolute atomic E-state index is 13.3. The van der Waals surface area contributed by atoms with Crippen LogP contribution in [0.3, 0.4) is 0 Å². The first-order valence-electron chi connectivity index (χ1n) is 11.1. The van der Waals surface area contributed by atoms with Gasteiger partial charge >= 0.3 is 0 Å². The van der Waals surface area contributed by atoms with Crippen molar-refractivity contribution in [3.05, 3.63) is 94.2 Å². The van der Waals surface area contributed by atoms with Crippen molar-refractivity contribution in [2.45, 2.75) is 5.16 Å². The Bertz CT molecular complexity index is 1380. The summed E-state index contributed by atoms with van der Waals surface area (Å²) in [5.74, 6) is 0.245. The summed E-state index contributed by atoms with van der Waals surface area (Å²) in [6.45, 7) is 2.92. The van der Waals surface area contributed by atoms with Crippen LogP contribution in [0.25, 0.3) is 16.6 Å². The highest BCUT2D eigenvalue weighted by atomic mass is 35.5. The molecule has 172 valence electrons. The number of para-hydroxylation sites is 2. The molecule has 0 bridgehead atoms. The molecular formula is C26H23ClN4O2S. The summed E-state index contributed by atoms with van der Waals surface area (Å²) < 4.78 is 1.54. The Morgan fingerprint density at radius 2 is 1.59 bits per heavy atom. The average molecular weight is 491 g/mol. The molecule has 1 fully saturated rings. The van der Waals surface area contributed by atoms with Crippen LogP contribution in [0.2, 0.25) is 5.02 Å². The molecule has 4 aromatic rings. The number of hydrogen-bond donors (Lipinski definition) is 0. The SMILES string of the molecule is O=C(CSc1nc2ccccc2c(=O)n1-c1cccc(Cl)c1)N1CCN(c2ccccc2)CC1. The van der Waals surface area contributed by atoms with E-state index in [-0.39, 0.29) is 17.2 Å². The lowest BCUT2D eigenvalue weighted by atomic mass is 10.2. The molecule has 0 saturated carbocycles. The van der Waals surface area contributed by atoms with Crippen LogP contribution in [0.1, 0.15) is 0 Å². The van der Waals surface area contributed by atoms with E-state index >= 15 is 0 Å². The number of hydrogen-bond acceptors (Lipinski definition) is 5. The van der Waals surface area contributed by atoms with Gasteiger partial charge in [-0.1, -0.05) is 59.8 Å². The second kappa shape index (κ2) is 9.91. The molecule has 8 heteroatoms. The highest BCUT2D eigenvalue weighted by Crippen LogP contribution is 2.24. The van der Waals surface area contributed by atoms with E-state index in [2.05, 4.69) is 17.0 Å². The van der Waals surface area contributed by atoms with Crippen molar-refractivity contribution in [2.75, 3.05) is 36.8 Å². The van der Waals surface area contributed by atoms with E-state index in [9.17, 15) is 9.59 Å². The van der Waals surface area contributed by atoms with Gasteiger partial charge in [-0.05, 0) is 42.5 Å². The third kappa shape index (κ3) is 4.67. The zero-order valence-electron chi connectivity index (χ0n) is 18.4. The summed E-state index contributed by atoms with van der Waals surface area (Å²) in [5.41, 5.74) is 2.23. The molecule has 0 N–H and O–H groups in total. The van der Waals surface area contributed by atoms with E-state index in [0.717, 1.165) is 13.1 Å². The van der Waals surface area contributed by atoms with Crippen molar-refractivity contribution < 1.29 is 4.79 Å². The Hall–Kier alpha value is -3.29. The Kier molecular flexibility index (Phi) is 6.56. The van der Waals surface area contributed by atoms with Crippen LogP contribution in [0.5, 0.6) is 0 Å². The molecular weight excluding hydrogens is 468 g/mol. The first kappa shape index (κ1) is 22.5. The number of aromatic nitrogens is 2. The van der Waals surface area contributed by atoms with Crippen molar-refractivity contribution in [1.82, 2.24) is 14.5 Å². The molecule has 0 radical (unpaired) electrons. The molecule has 2 heterocycles. The van der Waals surface area contributed by atoms with Crippen LogP contribution in [0, 0.1) is 0 Å².